The van der Waals surface area contributed by atoms with Gasteiger partial charge in [-0.15, -0.1) is 5.10 Å². The second-order valence-corrected chi connectivity index (χ2v) is 8.04. The van der Waals surface area contributed by atoms with Crippen molar-refractivity contribution in [1.29, 1.82) is 0 Å². The number of nitrogens with zero attached hydrogens (tertiary/aromatic N) is 3. The molecule has 0 spiro atoms. The molecule has 0 radical (unpaired) electrons. The van der Waals surface area contributed by atoms with Crippen LogP contribution < -0.4 is 15.4 Å². The van der Waals surface area contributed by atoms with Crippen LogP contribution in [-0.2, 0) is 0 Å². The van der Waals surface area contributed by atoms with Crippen molar-refractivity contribution < 1.29 is 9.53 Å². The largest absolute Gasteiger partial charge is 0.497 e. The standard InChI is InChI=1S/C24H17Cl2N5O2/c1-33-16-9-6-14(7-10-16)21-13-31-23(28-21)18-5-3-2-4-17(18)22(30-31)29-24(32)27-15-8-11-19(25)20(26)12-15/h2-13H,1H3,(H2,27,29,30,32). The summed E-state index contributed by atoms with van der Waals surface area (Å²) in [5.74, 6) is 1.17. The molecule has 3 aromatic carbocycles. The monoisotopic (exact) mass is 477 g/mol. The van der Waals surface area contributed by atoms with Crippen molar-refractivity contribution in [3.05, 3.63) is 83.0 Å². The fourth-order valence-corrected chi connectivity index (χ4v) is 3.81. The number of hydrogen-bond acceptors (Lipinski definition) is 4. The Morgan fingerprint density at radius 1 is 0.939 bits per heavy atom. The van der Waals surface area contributed by atoms with Gasteiger partial charge in [0.05, 0.1) is 29.0 Å². The number of urea groups is 1. The van der Waals surface area contributed by atoms with Crippen LogP contribution in [0.4, 0.5) is 16.3 Å². The zero-order chi connectivity index (χ0) is 22.9. The smallest absolute Gasteiger partial charge is 0.324 e. The van der Waals surface area contributed by atoms with Crippen molar-refractivity contribution in [2.24, 2.45) is 0 Å². The van der Waals surface area contributed by atoms with E-state index in [4.69, 9.17) is 32.9 Å². The topological polar surface area (TPSA) is 80.5 Å². The van der Waals surface area contributed by atoms with E-state index < -0.39 is 6.03 Å². The van der Waals surface area contributed by atoms with Gasteiger partial charge >= 0.3 is 6.03 Å². The fourth-order valence-electron chi connectivity index (χ4n) is 3.51. The van der Waals surface area contributed by atoms with Gasteiger partial charge in [-0.05, 0) is 42.5 Å². The summed E-state index contributed by atoms with van der Waals surface area (Å²) < 4.78 is 6.89. The van der Waals surface area contributed by atoms with E-state index in [1.54, 1.807) is 29.8 Å². The van der Waals surface area contributed by atoms with E-state index in [-0.39, 0.29) is 0 Å². The van der Waals surface area contributed by atoms with Crippen LogP contribution in [0.5, 0.6) is 5.75 Å². The first-order valence-electron chi connectivity index (χ1n) is 9.97. The molecular formula is C24H17Cl2N5O2. The lowest BCUT2D eigenvalue weighted by molar-refractivity contribution is 0.262. The molecular weight excluding hydrogens is 461 g/mol. The molecule has 0 bridgehead atoms. The normalized spacial score (nSPS) is 11.0. The number of rotatable bonds is 4. The maximum atomic E-state index is 12.7. The average molecular weight is 478 g/mol. The van der Waals surface area contributed by atoms with Gasteiger partial charge in [0.2, 0.25) is 0 Å². The predicted octanol–water partition coefficient (Wildman–Crippen LogP) is 6.51. The van der Waals surface area contributed by atoms with E-state index in [1.165, 1.54) is 0 Å². The lowest BCUT2D eigenvalue weighted by Gasteiger charge is -2.10. The molecule has 164 valence electrons. The Hall–Kier alpha value is -3.81. The number of fused-ring (bicyclic) bond motifs is 3. The van der Waals surface area contributed by atoms with Gasteiger partial charge in [0.25, 0.3) is 0 Å². The lowest BCUT2D eigenvalue weighted by Crippen LogP contribution is -2.21. The molecule has 0 aliphatic carbocycles. The van der Waals surface area contributed by atoms with E-state index in [0.717, 1.165) is 27.8 Å². The van der Waals surface area contributed by atoms with Crippen molar-refractivity contribution in [1.82, 2.24) is 14.6 Å². The molecule has 0 saturated heterocycles. The summed E-state index contributed by atoms with van der Waals surface area (Å²) in [7, 11) is 1.63. The number of ether oxygens (including phenoxy) is 1. The van der Waals surface area contributed by atoms with Crippen LogP contribution in [0, 0.1) is 0 Å². The van der Waals surface area contributed by atoms with Crippen molar-refractivity contribution in [2.75, 3.05) is 17.7 Å². The first-order chi connectivity index (χ1) is 16.0. The second kappa shape index (κ2) is 8.61. The van der Waals surface area contributed by atoms with Gasteiger partial charge in [0.15, 0.2) is 11.5 Å². The first kappa shape index (κ1) is 21.1. The number of carbonyl (C=O) groups is 1. The summed E-state index contributed by atoms with van der Waals surface area (Å²) in [4.78, 5) is 17.4. The number of anilines is 2. The highest BCUT2D eigenvalue weighted by Crippen LogP contribution is 2.29. The quantitative estimate of drug-likeness (QED) is 0.309. The van der Waals surface area contributed by atoms with Crippen LogP contribution >= 0.6 is 23.2 Å². The number of benzene rings is 3. The number of methoxy groups -OCH3 is 1. The Balaban J connectivity index is 1.51. The SMILES string of the molecule is COc1ccc(-c2cn3nc(NC(=O)Nc4ccc(Cl)c(Cl)c4)c4ccccc4c3n2)cc1. The highest BCUT2D eigenvalue weighted by Gasteiger charge is 2.15. The summed E-state index contributed by atoms with van der Waals surface area (Å²) in [5, 5.41) is 12.6. The van der Waals surface area contributed by atoms with Crippen LogP contribution in [0.25, 0.3) is 27.7 Å². The number of imidazole rings is 1. The highest BCUT2D eigenvalue weighted by atomic mass is 35.5. The number of amides is 2. The van der Waals surface area contributed by atoms with Crippen molar-refractivity contribution in [3.63, 3.8) is 0 Å². The molecule has 2 N–H and O–H groups in total. The molecule has 7 nitrogen and oxygen atoms in total. The van der Waals surface area contributed by atoms with Crippen LogP contribution in [0.3, 0.4) is 0 Å². The molecule has 2 aromatic heterocycles. The number of aromatic nitrogens is 3. The third-order valence-electron chi connectivity index (χ3n) is 5.11. The van der Waals surface area contributed by atoms with E-state index in [9.17, 15) is 4.79 Å². The van der Waals surface area contributed by atoms with E-state index in [1.807, 2.05) is 54.7 Å². The van der Waals surface area contributed by atoms with Gasteiger partial charge in [0.1, 0.15) is 5.75 Å². The second-order valence-electron chi connectivity index (χ2n) is 7.23. The lowest BCUT2D eigenvalue weighted by atomic mass is 10.1. The molecule has 0 atom stereocenters. The Morgan fingerprint density at radius 3 is 2.42 bits per heavy atom. The van der Waals surface area contributed by atoms with E-state index in [0.29, 0.717) is 27.2 Å². The van der Waals surface area contributed by atoms with Gasteiger partial charge < -0.3 is 10.1 Å². The minimum absolute atomic E-state index is 0.351. The third kappa shape index (κ3) is 4.16. The van der Waals surface area contributed by atoms with Gasteiger partial charge in [-0.3, -0.25) is 5.32 Å². The minimum atomic E-state index is -0.458. The highest BCUT2D eigenvalue weighted by molar-refractivity contribution is 6.42. The van der Waals surface area contributed by atoms with Crippen LogP contribution in [-0.4, -0.2) is 27.7 Å². The van der Waals surface area contributed by atoms with Crippen LogP contribution in [0.1, 0.15) is 0 Å². The Kier molecular flexibility index (Phi) is 5.50. The summed E-state index contributed by atoms with van der Waals surface area (Å²) >= 11 is 12.0. The van der Waals surface area contributed by atoms with Crippen LogP contribution in [0.15, 0.2) is 72.9 Å². The summed E-state index contributed by atoms with van der Waals surface area (Å²) in [6.45, 7) is 0. The van der Waals surface area contributed by atoms with E-state index in [2.05, 4.69) is 15.7 Å². The minimum Gasteiger partial charge on any atom is -0.497 e. The maximum absolute atomic E-state index is 12.7. The number of nitrogens with one attached hydrogen (secondary N) is 2. The molecule has 2 amide bonds. The van der Waals surface area contributed by atoms with Gasteiger partial charge in [-0.25, -0.2) is 14.3 Å². The summed E-state index contributed by atoms with van der Waals surface area (Å²) in [6.07, 6.45) is 1.83. The first-order valence-corrected chi connectivity index (χ1v) is 10.7. The van der Waals surface area contributed by atoms with Gasteiger partial charge in [0, 0.05) is 22.0 Å². The van der Waals surface area contributed by atoms with Gasteiger partial charge in [-0.2, -0.15) is 0 Å². The molecule has 2 heterocycles. The molecule has 0 aliphatic heterocycles. The zero-order valence-electron chi connectivity index (χ0n) is 17.3. The van der Waals surface area contributed by atoms with E-state index >= 15 is 0 Å². The molecule has 0 fully saturated rings. The molecule has 33 heavy (non-hydrogen) atoms. The molecule has 9 heteroatoms. The van der Waals surface area contributed by atoms with Crippen molar-refractivity contribution in [2.45, 2.75) is 0 Å². The zero-order valence-corrected chi connectivity index (χ0v) is 18.9. The Morgan fingerprint density at radius 2 is 1.70 bits per heavy atom. The fraction of sp³-hybridized carbons (Fsp3) is 0.0417. The summed E-state index contributed by atoms with van der Waals surface area (Å²) in [6, 6.07) is 19.7. The van der Waals surface area contributed by atoms with Crippen LogP contribution in [0.2, 0.25) is 10.0 Å². The summed E-state index contributed by atoms with van der Waals surface area (Å²) in [5.41, 5.74) is 2.88. The molecule has 0 saturated carbocycles. The number of halogens is 2. The molecule has 5 aromatic rings. The average Bonchev–Trinajstić information content (AvgIpc) is 3.26. The number of carbonyl (C=O) groups excluding carboxylic acids is 1. The number of hydrogen-bond donors (Lipinski definition) is 2. The van der Waals surface area contributed by atoms with Crippen molar-refractivity contribution >= 4 is 57.2 Å². The maximum Gasteiger partial charge on any atom is 0.324 e. The molecule has 5 rings (SSSR count). The Bertz CT molecular complexity index is 1500. The Labute approximate surface area is 198 Å². The van der Waals surface area contributed by atoms with Crippen molar-refractivity contribution in [3.8, 4) is 17.0 Å². The van der Waals surface area contributed by atoms with Gasteiger partial charge in [-0.1, -0.05) is 47.5 Å². The third-order valence-corrected chi connectivity index (χ3v) is 5.85. The molecule has 0 aliphatic rings. The molecule has 0 unspecified atom stereocenters. The predicted molar refractivity (Wildman–Crippen MR) is 132 cm³/mol.